The van der Waals surface area contributed by atoms with E-state index in [0.29, 0.717) is 11.5 Å². The van der Waals surface area contributed by atoms with Gasteiger partial charge in [0.15, 0.2) is 0 Å². The molecule has 0 spiro atoms. The second-order valence-electron chi connectivity index (χ2n) is 3.78. The SMILES string of the molecule is COc1cccc(C(=O)C(=O)N/N=C/c2ccco2)c1. The number of methoxy groups -OCH3 is 1. The van der Waals surface area contributed by atoms with Gasteiger partial charge in [-0.1, -0.05) is 12.1 Å². The number of ether oxygens (including phenoxy) is 1. The van der Waals surface area contributed by atoms with Gasteiger partial charge in [0, 0.05) is 5.56 Å². The van der Waals surface area contributed by atoms with Crippen molar-refractivity contribution in [3.8, 4) is 5.75 Å². The number of hydrazone groups is 1. The van der Waals surface area contributed by atoms with Crippen molar-refractivity contribution in [1.82, 2.24) is 5.43 Å². The molecule has 0 saturated heterocycles. The molecule has 20 heavy (non-hydrogen) atoms. The molecule has 0 unspecified atom stereocenters. The number of Topliss-reactive ketones (excluding diaryl/α,β-unsaturated/α-hetero) is 1. The quantitative estimate of drug-likeness (QED) is 0.388. The van der Waals surface area contributed by atoms with Gasteiger partial charge in [0.25, 0.3) is 5.78 Å². The van der Waals surface area contributed by atoms with Crippen LogP contribution < -0.4 is 10.2 Å². The average molecular weight is 272 g/mol. The molecular weight excluding hydrogens is 260 g/mol. The third-order valence-corrected chi connectivity index (χ3v) is 2.44. The van der Waals surface area contributed by atoms with E-state index in [1.54, 1.807) is 24.3 Å². The van der Waals surface area contributed by atoms with Crippen LogP contribution in [0.25, 0.3) is 0 Å². The summed E-state index contributed by atoms with van der Waals surface area (Å²) in [5.74, 6) is -0.552. The highest BCUT2D eigenvalue weighted by molar-refractivity contribution is 6.42. The molecule has 6 nitrogen and oxygen atoms in total. The number of amides is 1. The van der Waals surface area contributed by atoms with E-state index in [9.17, 15) is 9.59 Å². The molecule has 1 aromatic carbocycles. The first-order valence-corrected chi connectivity index (χ1v) is 5.76. The summed E-state index contributed by atoms with van der Waals surface area (Å²) in [6.45, 7) is 0. The summed E-state index contributed by atoms with van der Waals surface area (Å²) in [7, 11) is 1.48. The Bertz CT molecular complexity index is 632. The summed E-state index contributed by atoms with van der Waals surface area (Å²) in [6, 6.07) is 9.68. The number of rotatable bonds is 5. The maximum absolute atomic E-state index is 11.8. The second-order valence-corrected chi connectivity index (χ2v) is 3.78. The Hall–Kier alpha value is -2.89. The van der Waals surface area contributed by atoms with Crippen LogP contribution in [0.15, 0.2) is 52.2 Å². The first-order valence-electron chi connectivity index (χ1n) is 5.76. The number of benzene rings is 1. The van der Waals surface area contributed by atoms with Crippen LogP contribution in [0.4, 0.5) is 0 Å². The Morgan fingerprint density at radius 2 is 2.15 bits per heavy atom. The molecule has 2 aromatic rings. The van der Waals surface area contributed by atoms with Gasteiger partial charge in [-0.3, -0.25) is 9.59 Å². The number of hydrogen-bond donors (Lipinski definition) is 1. The number of nitrogens with one attached hydrogen (secondary N) is 1. The molecule has 1 N–H and O–H groups in total. The van der Waals surface area contributed by atoms with E-state index in [1.165, 1.54) is 31.7 Å². The van der Waals surface area contributed by atoms with Crippen LogP contribution in [-0.2, 0) is 4.79 Å². The zero-order chi connectivity index (χ0) is 14.4. The van der Waals surface area contributed by atoms with Gasteiger partial charge >= 0.3 is 5.91 Å². The monoisotopic (exact) mass is 272 g/mol. The average Bonchev–Trinajstić information content (AvgIpc) is 2.99. The molecule has 0 atom stereocenters. The van der Waals surface area contributed by atoms with Crippen LogP contribution in [0.3, 0.4) is 0 Å². The maximum Gasteiger partial charge on any atom is 0.312 e. The summed E-state index contributed by atoms with van der Waals surface area (Å²) in [5, 5.41) is 3.63. The van der Waals surface area contributed by atoms with E-state index in [2.05, 4.69) is 10.5 Å². The third-order valence-electron chi connectivity index (χ3n) is 2.44. The van der Waals surface area contributed by atoms with E-state index >= 15 is 0 Å². The van der Waals surface area contributed by atoms with Crippen LogP contribution in [0.5, 0.6) is 5.75 Å². The minimum absolute atomic E-state index is 0.232. The lowest BCUT2D eigenvalue weighted by atomic mass is 10.1. The van der Waals surface area contributed by atoms with Gasteiger partial charge in [-0.25, -0.2) is 5.43 Å². The minimum atomic E-state index is -0.832. The summed E-state index contributed by atoms with van der Waals surface area (Å²) < 4.78 is 9.98. The van der Waals surface area contributed by atoms with Gasteiger partial charge in [-0.2, -0.15) is 5.10 Å². The summed E-state index contributed by atoms with van der Waals surface area (Å²) in [4.78, 5) is 23.5. The van der Waals surface area contributed by atoms with Crippen molar-refractivity contribution in [2.75, 3.05) is 7.11 Å². The lowest BCUT2D eigenvalue weighted by molar-refractivity contribution is -0.116. The molecule has 102 valence electrons. The molecule has 1 aromatic heterocycles. The third kappa shape index (κ3) is 3.32. The fourth-order valence-electron chi connectivity index (χ4n) is 1.47. The Balaban J connectivity index is 1.99. The van der Waals surface area contributed by atoms with E-state index in [4.69, 9.17) is 9.15 Å². The highest BCUT2D eigenvalue weighted by Gasteiger charge is 2.15. The Kier molecular flexibility index (Phi) is 4.28. The predicted octanol–water partition coefficient (Wildman–Crippen LogP) is 1.62. The fourth-order valence-corrected chi connectivity index (χ4v) is 1.47. The van der Waals surface area contributed by atoms with Crippen molar-refractivity contribution >= 4 is 17.9 Å². The number of furan rings is 1. The lowest BCUT2D eigenvalue weighted by Crippen LogP contribution is -2.27. The molecule has 0 aliphatic carbocycles. The first-order chi connectivity index (χ1) is 9.70. The van der Waals surface area contributed by atoms with E-state index in [1.807, 2.05) is 0 Å². The topological polar surface area (TPSA) is 80.9 Å². The first kappa shape index (κ1) is 13.5. The smallest absolute Gasteiger partial charge is 0.312 e. The van der Waals surface area contributed by atoms with Gasteiger partial charge in [-0.05, 0) is 24.3 Å². The number of hydrogen-bond acceptors (Lipinski definition) is 5. The number of ketones is 1. The Morgan fingerprint density at radius 3 is 2.85 bits per heavy atom. The van der Waals surface area contributed by atoms with Crippen molar-refractivity contribution in [1.29, 1.82) is 0 Å². The Labute approximate surface area is 115 Å². The number of carbonyl (C=O) groups is 2. The van der Waals surface area contributed by atoms with Crippen LogP contribution in [0.1, 0.15) is 16.1 Å². The minimum Gasteiger partial charge on any atom is -0.497 e. The summed E-state index contributed by atoms with van der Waals surface area (Å²) in [5.41, 5.74) is 2.37. The molecule has 2 rings (SSSR count). The summed E-state index contributed by atoms with van der Waals surface area (Å²) >= 11 is 0. The molecule has 0 radical (unpaired) electrons. The Morgan fingerprint density at radius 1 is 1.30 bits per heavy atom. The molecule has 0 aliphatic heterocycles. The van der Waals surface area contributed by atoms with Crippen LogP contribution in [0, 0.1) is 0 Å². The molecule has 0 bridgehead atoms. The van der Waals surface area contributed by atoms with Crippen molar-refractivity contribution in [3.63, 3.8) is 0 Å². The van der Waals surface area contributed by atoms with Gasteiger partial charge in [0.1, 0.15) is 11.5 Å². The highest BCUT2D eigenvalue weighted by Crippen LogP contribution is 2.12. The van der Waals surface area contributed by atoms with Crippen LogP contribution >= 0.6 is 0 Å². The largest absolute Gasteiger partial charge is 0.497 e. The number of nitrogens with zero attached hydrogens (tertiary/aromatic N) is 1. The predicted molar refractivity (Wildman–Crippen MR) is 71.8 cm³/mol. The summed E-state index contributed by atoms with van der Waals surface area (Å²) in [6.07, 6.45) is 2.78. The number of carbonyl (C=O) groups excluding carboxylic acids is 2. The van der Waals surface area contributed by atoms with Gasteiger partial charge in [-0.15, -0.1) is 0 Å². The highest BCUT2D eigenvalue weighted by atomic mass is 16.5. The van der Waals surface area contributed by atoms with E-state index in [0.717, 1.165) is 0 Å². The van der Waals surface area contributed by atoms with Crippen molar-refractivity contribution in [2.24, 2.45) is 5.10 Å². The molecule has 6 heteroatoms. The van der Waals surface area contributed by atoms with Gasteiger partial charge in [0.05, 0.1) is 19.6 Å². The molecule has 0 aliphatic rings. The molecule has 0 saturated carbocycles. The molecule has 1 amide bonds. The zero-order valence-electron chi connectivity index (χ0n) is 10.7. The van der Waals surface area contributed by atoms with Crippen LogP contribution in [-0.4, -0.2) is 25.0 Å². The van der Waals surface area contributed by atoms with E-state index in [-0.39, 0.29) is 5.56 Å². The molecular formula is C14H12N2O4. The lowest BCUT2D eigenvalue weighted by Gasteiger charge is -2.02. The van der Waals surface area contributed by atoms with Crippen molar-refractivity contribution in [3.05, 3.63) is 54.0 Å². The normalized spacial score (nSPS) is 10.4. The fraction of sp³-hybridized carbons (Fsp3) is 0.0714. The standard InChI is InChI=1S/C14H12N2O4/c1-19-11-5-2-4-10(8-11)13(17)14(18)16-15-9-12-6-3-7-20-12/h2-9H,1H3,(H,16,18)/b15-9+. The van der Waals surface area contributed by atoms with Gasteiger partial charge < -0.3 is 9.15 Å². The zero-order valence-corrected chi connectivity index (χ0v) is 10.7. The molecule has 1 heterocycles. The molecule has 0 fully saturated rings. The van der Waals surface area contributed by atoms with Crippen molar-refractivity contribution < 1.29 is 18.7 Å². The van der Waals surface area contributed by atoms with Gasteiger partial charge in [0.2, 0.25) is 0 Å². The van der Waals surface area contributed by atoms with Crippen molar-refractivity contribution in [2.45, 2.75) is 0 Å². The van der Waals surface area contributed by atoms with Crippen LogP contribution in [0.2, 0.25) is 0 Å². The second kappa shape index (κ2) is 6.33. The van der Waals surface area contributed by atoms with E-state index < -0.39 is 11.7 Å². The maximum atomic E-state index is 11.8.